The molecule has 5 heteroatoms. The summed E-state index contributed by atoms with van der Waals surface area (Å²) in [6, 6.07) is 11.0. The van der Waals surface area contributed by atoms with Crippen LogP contribution in [-0.2, 0) is 0 Å². The predicted molar refractivity (Wildman–Crippen MR) is 91.1 cm³/mol. The first-order chi connectivity index (χ1) is 10.6. The third kappa shape index (κ3) is 4.22. The van der Waals surface area contributed by atoms with Gasteiger partial charge in [-0.05, 0) is 42.2 Å². The molecular formula is C17H22N4O. The average Bonchev–Trinajstić information content (AvgIpc) is 2.50. The van der Waals surface area contributed by atoms with E-state index < -0.39 is 0 Å². The van der Waals surface area contributed by atoms with Gasteiger partial charge in [0.05, 0.1) is 5.69 Å². The Balaban J connectivity index is 2.03. The summed E-state index contributed by atoms with van der Waals surface area (Å²) in [7, 11) is 0. The lowest BCUT2D eigenvalue weighted by atomic mass is 9.96. The summed E-state index contributed by atoms with van der Waals surface area (Å²) in [4.78, 5) is 16.0. The standard InChI is InChI=1S/C17H22N4O/c1-3-6-12(2)13-7-4-8-14(11-13)20-17(22)21-15-9-5-10-19-16(15)18/h4-5,7-12H,3,6H2,1-2H3,(H2,18,19)(H2,20,21,22). The fourth-order valence-electron chi connectivity index (χ4n) is 2.33. The molecule has 0 aliphatic heterocycles. The number of benzene rings is 1. The van der Waals surface area contributed by atoms with Gasteiger partial charge in [-0.15, -0.1) is 0 Å². The van der Waals surface area contributed by atoms with Crippen LogP contribution in [0.25, 0.3) is 0 Å². The summed E-state index contributed by atoms with van der Waals surface area (Å²) in [6.45, 7) is 4.36. The van der Waals surface area contributed by atoms with Gasteiger partial charge >= 0.3 is 6.03 Å². The number of amides is 2. The van der Waals surface area contributed by atoms with Crippen LogP contribution >= 0.6 is 0 Å². The van der Waals surface area contributed by atoms with E-state index in [1.807, 2.05) is 18.2 Å². The lowest BCUT2D eigenvalue weighted by molar-refractivity contribution is 0.262. The van der Waals surface area contributed by atoms with Crippen molar-refractivity contribution in [3.05, 3.63) is 48.2 Å². The Hall–Kier alpha value is -2.56. The van der Waals surface area contributed by atoms with Gasteiger partial charge in [-0.2, -0.15) is 0 Å². The molecule has 1 unspecified atom stereocenters. The minimum atomic E-state index is -0.333. The molecule has 0 bridgehead atoms. The fraction of sp³-hybridized carbons (Fsp3) is 0.294. The molecule has 0 aliphatic rings. The monoisotopic (exact) mass is 298 g/mol. The van der Waals surface area contributed by atoms with Crippen LogP contribution in [0, 0.1) is 0 Å². The molecule has 116 valence electrons. The first kappa shape index (κ1) is 15.8. The Morgan fingerprint density at radius 2 is 2.09 bits per heavy atom. The van der Waals surface area contributed by atoms with Crippen LogP contribution in [0.4, 0.5) is 22.0 Å². The summed E-state index contributed by atoms with van der Waals surface area (Å²) in [6.07, 6.45) is 3.85. The summed E-state index contributed by atoms with van der Waals surface area (Å²) in [5, 5.41) is 5.52. The lowest BCUT2D eigenvalue weighted by Crippen LogP contribution is -2.20. The first-order valence-electron chi connectivity index (χ1n) is 7.48. The second kappa shape index (κ2) is 7.45. The van der Waals surface area contributed by atoms with Gasteiger partial charge in [-0.25, -0.2) is 9.78 Å². The molecule has 0 saturated heterocycles. The van der Waals surface area contributed by atoms with E-state index in [1.165, 1.54) is 5.56 Å². The van der Waals surface area contributed by atoms with Crippen molar-refractivity contribution in [1.29, 1.82) is 0 Å². The highest BCUT2D eigenvalue weighted by molar-refractivity contribution is 6.01. The molecule has 1 aromatic heterocycles. The molecule has 0 aliphatic carbocycles. The molecule has 0 fully saturated rings. The number of rotatable bonds is 5. The van der Waals surface area contributed by atoms with Gasteiger partial charge in [0.2, 0.25) is 0 Å². The number of anilines is 3. The van der Waals surface area contributed by atoms with Crippen LogP contribution in [0.2, 0.25) is 0 Å². The highest BCUT2D eigenvalue weighted by atomic mass is 16.2. The molecule has 1 aromatic carbocycles. The van der Waals surface area contributed by atoms with E-state index in [2.05, 4.69) is 35.5 Å². The van der Waals surface area contributed by atoms with E-state index in [-0.39, 0.29) is 6.03 Å². The normalized spacial score (nSPS) is 11.7. The Bertz CT molecular complexity index is 642. The zero-order valence-electron chi connectivity index (χ0n) is 13.0. The van der Waals surface area contributed by atoms with Crippen LogP contribution < -0.4 is 16.4 Å². The van der Waals surface area contributed by atoms with Gasteiger partial charge in [0.1, 0.15) is 5.82 Å². The molecule has 4 N–H and O–H groups in total. The average molecular weight is 298 g/mol. The first-order valence-corrected chi connectivity index (χ1v) is 7.48. The highest BCUT2D eigenvalue weighted by Crippen LogP contribution is 2.23. The van der Waals surface area contributed by atoms with Crippen LogP contribution in [0.1, 0.15) is 38.2 Å². The number of nitrogens with two attached hydrogens (primary N) is 1. The van der Waals surface area contributed by atoms with Crippen LogP contribution in [0.3, 0.4) is 0 Å². The number of hydrogen-bond acceptors (Lipinski definition) is 3. The van der Waals surface area contributed by atoms with Gasteiger partial charge in [-0.3, -0.25) is 0 Å². The van der Waals surface area contributed by atoms with Crippen LogP contribution in [0.15, 0.2) is 42.6 Å². The van der Waals surface area contributed by atoms with Gasteiger partial charge in [0.25, 0.3) is 0 Å². The van der Waals surface area contributed by atoms with E-state index in [0.29, 0.717) is 17.4 Å². The number of pyridine rings is 1. The fourth-order valence-corrected chi connectivity index (χ4v) is 2.33. The number of carbonyl (C=O) groups is 1. The van der Waals surface area contributed by atoms with Gasteiger partial charge in [0, 0.05) is 11.9 Å². The van der Waals surface area contributed by atoms with Crippen molar-refractivity contribution in [3.63, 3.8) is 0 Å². The van der Waals surface area contributed by atoms with Crippen molar-refractivity contribution in [1.82, 2.24) is 4.98 Å². The maximum absolute atomic E-state index is 12.0. The van der Waals surface area contributed by atoms with Crippen molar-refractivity contribution in [2.24, 2.45) is 0 Å². The van der Waals surface area contributed by atoms with Crippen LogP contribution in [-0.4, -0.2) is 11.0 Å². The molecule has 1 heterocycles. The Labute approximate surface area is 130 Å². The van der Waals surface area contributed by atoms with E-state index in [0.717, 1.165) is 18.5 Å². The largest absolute Gasteiger partial charge is 0.382 e. The molecule has 2 amide bonds. The van der Waals surface area contributed by atoms with E-state index in [4.69, 9.17) is 5.73 Å². The maximum Gasteiger partial charge on any atom is 0.323 e. The zero-order chi connectivity index (χ0) is 15.9. The molecule has 0 saturated carbocycles. The SMILES string of the molecule is CCCC(C)c1cccc(NC(=O)Nc2cccnc2N)c1. The molecule has 0 spiro atoms. The number of nitrogens with zero attached hydrogens (tertiary/aromatic N) is 1. The topological polar surface area (TPSA) is 80.0 Å². The molecule has 2 aromatic rings. The van der Waals surface area contributed by atoms with E-state index >= 15 is 0 Å². The van der Waals surface area contributed by atoms with Crippen molar-refractivity contribution < 1.29 is 4.79 Å². The lowest BCUT2D eigenvalue weighted by Gasteiger charge is -2.13. The van der Waals surface area contributed by atoms with E-state index in [9.17, 15) is 4.79 Å². The third-order valence-electron chi connectivity index (χ3n) is 3.52. The van der Waals surface area contributed by atoms with Gasteiger partial charge in [-0.1, -0.05) is 32.4 Å². The number of urea groups is 1. The zero-order valence-corrected chi connectivity index (χ0v) is 13.0. The quantitative estimate of drug-likeness (QED) is 0.773. The van der Waals surface area contributed by atoms with Gasteiger partial charge in [0.15, 0.2) is 0 Å². The number of nitrogens with one attached hydrogen (secondary N) is 2. The minimum absolute atomic E-state index is 0.294. The van der Waals surface area contributed by atoms with Crippen molar-refractivity contribution in [2.75, 3.05) is 16.4 Å². The van der Waals surface area contributed by atoms with Crippen molar-refractivity contribution >= 4 is 23.2 Å². The summed E-state index contributed by atoms with van der Waals surface area (Å²) in [5.41, 5.74) is 8.19. The summed E-state index contributed by atoms with van der Waals surface area (Å²) in [5.74, 6) is 0.770. The Morgan fingerprint density at radius 1 is 1.27 bits per heavy atom. The van der Waals surface area contributed by atoms with E-state index in [1.54, 1.807) is 18.3 Å². The molecule has 2 rings (SSSR count). The van der Waals surface area contributed by atoms with Crippen molar-refractivity contribution in [2.45, 2.75) is 32.6 Å². The molecule has 1 atom stereocenters. The van der Waals surface area contributed by atoms with Crippen LogP contribution in [0.5, 0.6) is 0 Å². The highest BCUT2D eigenvalue weighted by Gasteiger charge is 2.08. The number of nitrogen functional groups attached to an aromatic ring is 1. The van der Waals surface area contributed by atoms with Crippen molar-refractivity contribution in [3.8, 4) is 0 Å². The number of hydrogen-bond donors (Lipinski definition) is 3. The second-order valence-corrected chi connectivity index (χ2v) is 5.33. The molecule has 5 nitrogen and oxygen atoms in total. The Morgan fingerprint density at radius 3 is 2.82 bits per heavy atom. The molecule has 0 radical (unpaired) electrons. The van der Waals surface area contributed by atoms with Gasteiger partial charge < -0.3 is 16.4 Å². The third-order valence-corrected chi connectivity index (χ3v) is 3.52. The molecule has 22 heavy (non-hydrogen) atoms. The maximum atomic E-state index is 12.0. The predicted octanol–water partition coefficient (Wildman–Crippen LogP) is 4.21. The smallest absolute Gasteiger partial charge is 0.323 e. The summed E-state index contributed by atoms with van der Waals surface area (Å²) < 4.78 is 0. The molecular weight excluding hydrogens is 276 g/mol. The summed E-state index contributed by atoms with van der Waals surface area (Å²) >= 11 is 0. The number of aromatic nitrogens is 1. The Kier molecular flexibility index (Phi) is 5.36. The number of carbonyl (C=O) groups excluding carboxylic acids is 1. The second-order valence-electron chi connectivity index (χ2n) is 5.33. The minimum Gasteiger partial charge on any atom is -0.382 e.